The van der Waals surface area contributed by atoms with E-state index < -0.39 is 15.6 Å². The minimum atomic E-state index is -5.68. The molecule has 0 radical (unpaired) electrons. The van der Waals surface area contributed by atoms with Gasteiger partial charge in [0.2, 0.25) is 0 Å². The van der Waals surface area contributed by atoms with E-state index in [9.17, 15) is 21.6 Å². The molecule has 1 rings (SSSR count). The molecule has 0 amide bonds. The third kappa shape index (κ3) is 3.60. The minimum Gasteiger partial charge on any atom is -0.376 e. The number of rotatable bonds is 4. The van der Waals surface area contributed by atoms with Gasteiger partial charge in [0.1, 0.15) is 5.75 Å². The molecule has 0 aliphatic rings. The molecular weight excluding hydrogens is 283 g/mol. The maximum absolute atomic E-state index is 12.3. The van der Waals surface area contributed by atoms with Crippen LogP contribution in [-0.4, -0.2) is 13.9 Å². The van der Waals surface area contributed by atoms with Crippen LogP contribution < -0.4 is 9.92 Å². The lowest BCUT2D eigenvalue weighted by Crippen LogP contribution is -2.28. The Bertz CT molecular complexity index is 553. The van der Waals surface area contributed by atoms with E-state index in [2.05, 4.69) is 4.18 Å². The molecule has 19 heavy (non-hydrogen) atoms. The Morgan fingerprint density at radius 1 is 1.32 bits per heavy atom. The molecule has 0 aliphatic heterocycles. The van der Waals surface area contributed by atoms with Crippen LogP contribution in [-0.2, 0) is 16.7 Å². The Hall–Kier alpha value is -1.28. The van der Waals surface area contributed by atoms with Crippen LogP contribution in [0, 0.1) is 0 Å². The first kappa shape index (κ1) is 15.8. The third-order valence-electron chi connectivity index (χ3n) is 2.46. The van der Waals surface area contributed by atoms with Crippen molar-refractivity contribution in [3.05, 3.63) is 29.3 Å². The molecule has 0 saturated carbocycles. The number of halogens is 3. The molecule has 0 heterocycles. The Balaban J connectivity index is 3.23. The number of hydrogen-bond acceptors (Lipinski definition) is 4. The van der Waals surface area contributed by atoms with Crippen molar-refractivity contribution in [1.82, 2.24) is 0 Å². The molecule has 0 spiro atoms. The van der Waals surface area contributed by atoms with Crippen LogP contribution in [0.1, 0.15) is 30.9 Å². The maximum Gasteiger partial charge on any atom is 0.534 e. The van der Waals surface area contributed by atoms with Crippen molar-refractivity contribution in [2.24, 2.45) is 5.73 Å². The van der Waals surface area contributed by atoms with Gasteiger partial charge < -0.3 is 9.92 Å². The van der Waals surface area contributed by atoms with Gasteiger partial charge in [-0.15, -0.1) is 0 Å². The van der Waals surface area contributed by atoms with Crippen molar-refractivity contribution in [3.8, 4) is 5.75 Å². The summed E-state index contributed by atoms with van der Waals surface area (Å²) in [5.74, 6) is -0.367. The molecule has 0 atom stereocenters. The highest BCUT2D eigenvalue weighted by Gasteiger charge is 2.48. The lowest BCUT2D eigenvalue weighted by atomic mass is 10.0. The lowest BCUT2D eigenvalue weighted by Gasteiger charge is -2.14. The van der Waals surface area contributed by atoms with E-state index in [1.54, 1.807) is 6.07 Å². The smallest absolute Gasteiger partial charge is 0.376 e. The van der Waals surface area contributed by atoms with Gasteiger partial charge in [-0.2, -0.15) is 21.6 Å². The van der Waals surface area contributed by atoms with Crippen LogP contribution in [0.3, 0.4) is 0 Å². The summed E-state index contributed by atoms with van der Waals surface area (Å²) in [6, 6.07) is 4.38. The zero-order chi connectivity index (χ0) is 14.8. The topological polar surface area (TPSA) is 69.4 Å². The quantitative estimate of drug-likeness (QED) is 0.685. The lowest BCUT2D eigenvalue weighted by molar-refractivity contribution is -0.0500. The van der Waals surface area contributed by atoms with E-state index in [-0.39, 0.29) is 23.8 Å². The van der Waals surface area contributed by atoms with E-state index in [1.807, 2.05) is 13.8 Å². The summed E-state index contributed by atoms with van der Waals surface area (Å²) in [7, 11) is -5.68. The number of benzene rings is 1. The monoisotopic (exact) mass is 297 g/mol. The van der Waals surface area contributed by atoms with E-state index in [1.165, 1.54) is 12.1 Å². The van der Waals surface area contributed by atoms with E-state index in [0.717, 1.165) is 0 Å². The Morgan fingerprint density at radius 3 is 2.32 bits per heavy atom. The summed E-state index contributed by atoms with van der Waals surface area (Å²) in [4.78, 5) is 0. The van der Waals surface area contributed by atoms with Gasteiger partial charge in [0.05, 0.1) is 0 Å². The zero-order valence-corrected chi connectivity index (χ0v) is 11.2. The number of nitrogens with two attached hydrogens (primary N) is 1. The Kier molecular flexibility index (Phi) is 4.46. The van der Waals surface area contributed by atoms with Crippen LogP contribution in [0.25, 0.3) is 0 Å². The second kappa shape index (κ2) is 5.38. The number of hydrogen-bond donors (Lipinski definition) is 1. The fraction of sp³-hybridized carbons (Fsp3) is 0.455. The van der Waals surface area contributed by atoms with Crippen LogP contribution in [0.2, 0.25) is 0 Å². The molecule has 0 aromatic heterocycles. The summed E-state index contributed by atoms with van der Waals surface area (Å²) in [6.07, 6.45) is 0. The predicted octanol–water partition coefficient (Wildman–Crippen LogP) is 2.50. The standard InChI is InChI=1S/C11H14F3NO3S/c1-7(2)8-3-4-9(6-15)10(5-8)18-19(16,17)11(12,13)14/h3-5,7H,6,15H2,1-2H3. The van der Waals surface area contributed by atoms with Gasteiger partial charge >= 0.3 is 15.6 Å². The minimum absolute atomic E-state index is 0.0164. The molecule has 0 fully saturated rings. The highest BCUT2D eigenvalue weighted by Crippen LogP contribution is 2.31. The fourth-order valence-electron chi connectivity index (χ4n) is 1.34. The highest BCUT2D eigenvalue weighted by molar-refractivity contribution is 7.88. The van der Waals surface area contributed by atoms with Crippen LogP contribution >= 0.6 is 0 Å². The second-order valence-electron chi connectivity index (χ2n) is 4.21. The van der Waals surface area contributed by atoms with Crippen molar-refractivity contribution in [1.29, 1.82) is 0 Å². The van der Waals surface area contributed by atoms with Crippen LogP contribution in [0.15, 0.2) is 18.2 Å². The van der Waals surface area contributed by atoms with E-state index in [4.69, 9.17) is 5.73 Å². The molecule has 1 aromatic rings. The summed E-state index contributed by atoms with van der Waals surface area (Å²) >= 11 is 0. The van der Waals surface area contributed by atoms with Gasteiger partial charge in [0.15, 0.2) is 0 Å². The normalized spacial score (nSPS) is 12.8. The molecule has 8 heteroatoms. The van der Waals surface area contributed by atoms with Crippen molar-refractivity contribution >= 4 is 10.1 Å². The van der Waals surface area contributed by atoms with Crippen molar-refractivity contribution in [2.75, 3.05) is 0 Å². The first-order valence-corrected chi connectivity index (χ1v) is 6.83. The molecule has 4 nitrogen and oxygen atoms in total. The van der Waals surface area contributed by atoms with Crippen molar-refractivity contribution in [3.63, 3.8) is 0 Å². The molecule has 0 aliphatic carbocycles. The SMILES string of the molecule is CC(C)c1ccc(CN)c(OS(=O)(=O)C(F)(F)F)c1. The van der Waals surface area contributed by atoms with E-state index in [0.29, 0.717) is 5.56 Å². The summed E-state index contributed by atoms with van der Waals surface area (Å²) in [5, 5.41) is 0. The van der Waals surface area contributed by atoms with Gasteiger partial charge in [0.25, 0.3) is 0 Å². The summed E-state index contributed by atoms with van der Waals surface area (Å²) in [5.41, 5.74) is 0.732. The molecule has 108 valence electrons. The average molecular weight is 297 g/mol. The Morgan fingerprint density at radius 2 is 1.89 bits per heavy atom. The van der Waals surface area contributed by atoms with Crippen LogP contribution in [0.4, 0.5) is 13.2 Å². The zero-order valence-electron chi connectivity index (χ0n) is 10.4. The molecule has 1 aromatic carbocycles. The molecular formula is C11H14F3NO3S. The highest BCUT2D eigenvalue weighted by atomic mass is 32.2. The molecule has 0 saturated heterocycles. The van der Waals surface area contributed by atoms with Gasteiger partial charge in [-0.1, -0.05) is 26.0 Å². The first-order chi connectivity index (χ1) is 8.58. The first-order valence-electron chi connectivity index (χ1n) is 5.42. The third-order valence-corrected chi connectivity index (χ3v) is 3.43. The maximum atomic E-state index is 12.3. The largest absolute Gasteiger partial charge is 0.534 e. The molecule has 0 bridgehead atoms. The van der Waals surface area contributed by atoms with Crippen molar-refractivity contribution < 1.29 is 25.8 Å². The Labute approximate surface area is 109 Å². The number of alkyl halides is 3. The predicted molar refractivity (Wildman–Crippen MR) is 64.0 cm³/mol. The average Bonchev–Trinajstić information content (AvgIpc) is 2.26. The van der Waals surface area contributed by atoms with Gasteiger partial charge in [-0.25, -0.2) is 0 Å². The van der Waals surface area contributed by atoms with Crippen molar-refractivity contribution in [2.45, 2.75) is 31.8 Å². The van der Waals surface area contributed by atoms with Crippen LogP contribution in [0.5, 0.6) is 5.75 Å². The molecule has 2 N–H and O–H groups in total. The summed E-state index contributed by atoms with van der Waals surface area (Å²) < 4.78 is 62.9. The second-order valence-corrected chi connectivity index (χ2v) is 5.75. The molecule has 0 unspecified atom stereocenters. The van der Waals surface area contributed by atoms with Gasteiger partial charge in [0, 0.05) is 12.1 Å². The summed E-state index contributed by atoms with van der Waals surface area (Å²) in [6.45, 7) is 3.51. The fourth-order valence-corrected chi connectivity index (χ4v) is 1.83. The van der Waals surface area contributed by atoms with E-state index >= 15 is 0 Å². The van der Waals surface area contributed by atoms with Gasteiger partial charge in [-0.05, 0) is 17.5 Å². The van der Waals surface area contributed by atoms with Gasteiger partial charge in [-0.3, -0.25) is 0 Å².